The number of thioether (sulfide) groups is 1. The fourth-order valence-corrected chi connectivity index (χ4v) is 3.39. The number of carbonyl (C=O) groups is 1. The number of carbonyl (C=O) groups excluding carboxylic acids is 1. The molecule has 7 heteroatoms. The van der Waals surface area contributed by atoms with Gasteiger partial charge in [0.15, 0.2) is 4.34 Å². The molecule has 0 spiro atoms. The number of hydrogen-bond donors (Lipinski definition) is 1. The molecule has 0 atom stereocenters. The van der Waals surface area contributed by atoms with E-state index in [-0.39, 0.29) is 11.7 Å². The fourth-order valence-electron chi connectivity index (χ4n) is 1.65. The Kier molecular flexibility index (Phi) is 6.33. The predicted octanol–water partition coefficient (Wildman–Crippen LogP) is 4.00. The second-order valence-electron chi connectivity index (χ2n) is 5.25. The van der Waals surface area contributed by atoms with Gasteiger partial charge in [-0.25, -0.2) is 4.39 Å². The third-order valence-corrected chi connectivity index (χ3v) is 5.15. The third kappa shape index (κ3) is 5.73. The van der Waals surface area contributed by atoms with Crippen LogP contribution in [0.3, 0.4) is 0 Å². The molecule has 0 unspecified atom stereocenters. The van der Waals surface area contributed by atoms with E-state index in [0.717, 1.165) is 15.7 Å². The number of amides is 1. The highest BCUT2D eigenvalue weighted by Gasteiger charge is 2.09. The van der Waals surface area contributed by atoms with Gasteiger partial charge in [-0.15, -0.1) is 10.2 Å². The summed E-state index contributed by atoms with van der Waals surface area (Å²) < 4.78 is 13.7. The van der Waals surface area contributed by atoms with Gasteiger partial charge in [-0.3, -0.25) is 4.79 Å². The molecule has 4 nitrogen and oxygen atoms in total. The van der Waals surface area contributed by atoms with Crippen molar-refractivity contribution in [3.8, 4) is 0 Å². The van der Waals surface area contributed by atoms with Gasteiger partial charge in [0.05, 0.1) is 0 Å². The Morgan fingerprint density at radius 1 is 1.32 bits per heavy atom. The minimum Gasteiger partial charge on any atom is -0.300 e. The second-order valence-corrected chi connectivity index (χ2v) is 7.50. The van der Waals surface area contributed by atoms with Gasteiger partial charge < -0.3 is 5.32 Å². The van der Waals surface area contributed by atoms with Crippen LogP contribution in [0, 0.1) is 11.7 Å². The monoisotopic (exact) mass is 339 g/mol. The molecule has 1 aromatic carbocycles. The van der Waals surface area contributed by atoms with Gasteiger partial charge >= 0.3 is 0 Å². The maximum absolute atomic E-state index is 12.8. The zero-order valence-electron chi connectivity index (χ0n) is 12.5. The maximum atomic E-state index is 12.8. The van der Waals surface area contributed by atoms with Crippen molar-refractivity contribution < 1.29 is 9.18 Å². The zero-order valence-corrected chi connectivity index (χ0v) is 14.1. The van der Waals surface area contributed by atoms with Gasteiger partial charge in [0.1, 0.15) is 5.82 Å². The molecule has 0 aliphatic rings. The Bertz CT molecular complexity index is 614. The lowest BCUT2D eigenvalue weighted by molar-refractivity contribution is -0.116. The van der Waals surface area contributed by atoms with E-state index in [1.54, 1.807) is 23.9 Å². The van der Waals surface area contributed by atoms with Crippen LogP contribution >= 0.6 is 23.1 Å². The van der Waals surface area contributed by atoms with E-state index in [1.807, 2.05) is 0 Å². The van der Waals surface area contributed by atoms with Crippen molar-refractivity contribution in [1.29, 1.82) is 0 Å². The molecule has 1 heterocycles. The first kappa shape index (κ1) is 16.9. The summed E-state index contributed by atoms with van der Waals surface area (Å²) in [6.45, 7) is 4.29. The largest absolute Gasteiger partial charge is 0.300 e. The third-order valence-electron chi connectivity index (χ3n) is 2.75. The minimum atomic E-state index is -0.270. The number of aromatic nitrogens is 2. The van der Waals surface area contributed by atoms with Gasteiger partial charge in [0.25, 0.3) is 0 Å². The number of benzene rings is 1. The lowest BCUT2D eigenvalue weighted by Crippen LogP contribution is -2.12. The van der Waals surface area contributed by atoms with Crippen molar-refractivity contribution in [1.82, 2.24) is 10.2 Å². The van der Waals surface area contributed by atoms with Gasteiger partial charge in [-0.2, -0.15) is 0 Å². The van der Waals surface area contributed by atoms with E-state index in [4.69, 9.17) is 0 Å². The molecule has 0 saturated heterocycles. The molecule has 22 heavy (non-hydrogen) atoms. The highest BCUT2D eigenvalue weighted by molar-refractivity contribution is 8.01. The molecule has 1 amide bonds. The first-order chi connectivity index (χ1) is 10.5. The van der Waals surface area contributed by atoms with Crippen LogP contribution in [0.25, 0.3) is 0 Å². The SMILES string of the molecule is CC(C)CSc1nnc(NC(=O)CCc2ccc(F)cc2)s1. The van der Waals surface area contributed by atoms with Crippen LogP contribution in [-0.2, 0) is 11.2 Å². The summed E-state index contributed by atoms with van der Waals surface area (Å²) in [6, 6.07) is 6.18. The molecule has 0 aliphatic heterocycles. The molecule has 2 aromatic rings. The van der Waals surface area contributed by atoms with Gasteiger partial charge in [-0.05, 0) is 30.0 Å². The summed E-state index contributed by atoms with van der Waals surface area (Å²) >= 11 is 3.03. The van der Waals surface area contributed by atoms with E-state index < -0.39 is 0 Å². The summed E-state index contributed by atoms with van der Waals surface area (Å²) in [5.41, 5.74) is 0.932. The lowest BCUT2D eigenvalue weighted by atomic mass is 10.1. The number of rotatable bonds is 7. The number of nitrogens with zero attached hydrogens (tertiary/aromatic N) is 2. The number of aryl methyl sites for hydroxylation is 1. The molecule has 0 bridgehead atoms. The zero-order chi connectivity index (χ0) is 15.9. The molecular weight excluding hydrogens is 321 g/mol. The molecule has 0 saturated carbocycles. The Morgan fingerprint density at radius 2 is 2.05 bits per heavy atom. The van der Waals surface area contributed by atoms with Crippen LogP contribution in [0.4, 0.5) is 9.52 Å². The molecule has 0 radical (unpaired) electrons. The minimum absolute atomic E-state index is 0.110. The summed E-state index contributed by atoms with van der Waals surface area (Å²) in [5.74, 6) is 1.18. The number of halogens is 1. The number of nitrogens with one attached hydrogen (secondary N) is 1. The summed E-state index contributed by atoms with van der Waals surface area (Å²) in [4.78, 5) is 11.9. The summed E-state index contributed by atoms with van der Waals surface area (Å²) in [7, 11) is 0. The number of hydrogen-bond acceptors (Lipinski definition) is 5. The normalized spacial score (nSPS) is 10.9. The molecule has 2 rings (SSSR count). The van der Waals surface area contributed by atoms with Crippen LogP contribution in [0.2, 0.25) is 0 Å². The number of anilines is 1. The van der Waals surface area contributed by atoms with Crippen LogP contribution in [-0.4, -0.2) is 21.9 Å². The van der Waals surface area contributed by atoms with E-state index in [0.29, 0.717) is 23.9 Å². The fraction of sp³-hybridized carbons (Fsp3) is 0.400. The van der Waals surface area contributed by atoms with Crippen LogP contribution in [0.5, 0.6) is 0 Å². The van der Waals surface area contributed by atoms with E-state index in [9.17, 15) is 9.18 Å². The van der Waals surface area contributed by atoms with E-state index in [1.165, 1.54) is 23.5 Å². The quantitative estimate of drug-likeness (QED) is 0.612. The smallest absolute Gasteiger partial charge is 0.226 e. The Morgan fingerprint density at radius 3 is 2.73 bits per heavy atom. The molecule has 0 fully saturated rings. The van der Waals surface area contributed by atoms with Crippen molar-refractivity contribution in [2.75, 3.05) is 11.1 Å². The summed E-state index contributed by atoms with van der Waals surface area (Å²) in [6.07, 6.45) is 0.902. The standard InChI is InChI=1S/C15H18FN3OS2/c1-10(2)9-21-15-19-18-14(22-15)17-13(20)8-5-11-3-6-12(16)7-4-11/h3-4,6-7,10H,5,8-9H2,1-2H3,(H,17,18,20). The summed E-state index contributed by atoms with van der Waals surface area (Å²) in [5, 5.41) is 11.3. The maximum Gasteiger partial charge on any atom is 0.226 e. The van der Waals surface area contributed by atoms with Crippen molar-refractivity contribution in [3.05, 3.63) is 35.6 Å². The van der Waals surface area contributed by atoms with Crippen molar-refractivity contribution in [3.63, 3.8) is 0 Å². The van der Waals surface area contributed by atoms with E-state index >= 15 is 0 Å². The molecular formula is C15H18FN3OS2. The van der Waals surface area contributed by atoms with Crippen LogP contribution in [0.15, 0.2) is 28.6 Å². The second kappa shape index (κ2) is 8.24. The van der Waals surface area contributed by atoms with Gasteiger partial charge in [-0.1, -0.05) is 49.1 Å². The first-order valence-corrected chi connectivity index (χ1v) is 8.83. The van der Waals surface area contributed by atoms with Crippen molar-refractivity contribution >= 4 is 34.1 Å². The Labute approximate surface area is 137 Å². The Hall–Kier alpha value is -1.47. The first-order valence-electron chi connectivity index (χ1n) is 7.03. The predicted molar refractivity (Wildman–Crippen MR) is 88.8 cm³/mol. The van der Waals surface area contributed by atoms with Gasteiger partial charge in [0, 0.05) is 12.2 Å². The molecule has 1 N–H and O–H groups in total. The molecule has 0 aliphatic carbocycles. The average molecular weight is 339 g/mol. The van der Waals surface area contributed by atoms with E-state index in [2.05, 4.69) is 29.4 Å². The highest BCUT2D eigenvalue weighted by Crippen LogP contribution is 2.26. The van der Waals surface area contributed by atoms with Crippen LogP contribution < -0.4 is 5.32 Å². The van der Waals surface area contributed by atoms with Gasteiger partial charge in [0.2, 0.25) is 11.0 Å². The van der Waals surface area contributed by atoms with Crippen LogP contribution in [0.1, 0.15) is 25.8 Å². The Balaban J connectivity index is 1.78. The highest BCUT2D eigenvalue weighted by atomic mass is 32.2. The average Bonchev–Trinajstić information content (AvgIpc) is 2.92. The lowest BCUT2D eigenvalue weighted by Gasteiger charge is -2.02. The topological polar surface area (TPSA) is 54.9 Å². The molecule has 1 aromatic heterocycles. The van der Waals surface area contributed by atoms with Crippen molar-refractivity contribution in [2.24, 2.45) is 5.92 Å². The van der Waals surface area contributed by atoms with Crippen molar-refractivity contribution in [2.45, 2.75) is 31.0 Å². The molecule has 118 valence electrons.